The molecule has 0 radical (unpaired) electrons. The Kier molecular flexibility index (Phi) is 2.54. The maximum Gasteiger partial charge on any atom is 0.128 e. The van der Waals surface area contributed by atoms with Crippen molar-refractivity contribution in [2.75, 3.05) is 0 Å². The van der Waals surface area contributed by atoms with Gasteiger partial charge in [-0.2, -0.15) is 0 Å². The fourth-order valence-electron chi connectivity index (χ4n) is 2.70. The van der Waals surface area contributed by atoms with E-state index < -0.39 is 0 Å². The monoisotopic (exact) mass is 226 g/mol. The van der Waals surface area contributed by atoms with Crippen molar-refractivity contribution in [3.8, 4) is 5.75 Å². The normalized spacial score (nSPS) is 26.2. The summed E-state index contributed by atoms with van der Waals surface area (Å²) in [7, 11) is 0. The van der Waals surface area contributed by atoms with Crippen molar-refractivity contribution >= 4 is 0 Å². The van der Waals surface area contributed by atoms with E-state index in [0.717, 1.165) is 12.2 Å². The molecule has 88 valence electrons. The van der Waals surface area contributed by atoms with Gasteiger partial charge in [-0.15, -0.1) is 0 Å². The molecule has 0 saturated heterocycles. The zero-order chi connectivity index (χ0) is 11.8. The predicted molar refractivity (Wildman–Crippen MR) is 70.6 cm³/mol. The molecule has 3 atom stereocenters. The van der Waals surface area contributed by atoms with E-state index in [2.05, 4.69) is 56.4 Å². The molecule has 2 aliphatic rings. The highest BCUT2D eigenvalue weighted by atomic mass is 16.5. The zero-order valence-electron chi connectivity index (χ0n) is 10.4. The molecule has 1 aliphatic carbocycles. The van der Waals surface area contributed by atoms with Crippen LogP contribution in [0, 0.1) is 0 Å². The van der Waals surface area contributed by atoms with Crippen LogP contribution in [0.5, 0.6) is 5.75 Å². The average Bonchev–Trinajstić information content (AvgIpc) is 2.76. The summed E-state index contributed by atoms with van der Waals surface area (Å²) in [5.41, 5.74) is 2.72. The molecule has 3 unspecified atom stereocenters. The maximum atomic E-state index is 6.13. The van der Waals surface area contributed by atoms with Crippen molar-refractivity contribution < 1.29 is 4.74 Å². The van der Waals surface area contributed by atoms with E-state index in [-0.39, 0.29) is 6.10 Å². The highest BCUT2D eigenvalue weighted by molar-refractivity contribution is 5.52. The van der Waals surface area contributed by atoms with Crippen LogP contribution >= 0.6 is 0 Å². The molecule has 1 aliphatic heterocycles. The number of benzene rings is 1. The predicted octanol–water partition coefficient (Wildman–Crippen LogP) is 4.17. The summed E-state index contributed by atoms with van der Waals surface area (Å²) in [5, 5.41) is 0. The van der Waals surface area contributed by atoms with Crippen LogP contribution in [0.2, 0.25) is 0 Å². The van der Waals surface area contributed by atoms with Gasteiger partial charge in [-0.1, -0.05) is 50.3 Å². The Labute approximate surface area is 103 Å². The Hall–Kier alpha value is -1.50. The Morgan fingerprint density at radius 1 is 1.24 bits per heavy atom. The van der Waals surface area contributed by atoms with Gasteiger partial charge in [0.2, 0.25) is 0 Å². The molecule has 0 saturated carbocycles. The van der Waals surface area contributed by atoms with Gasteiger partial charge in [-0.25, -0.2) is 0 Å². The van der Waals surface area contributed by atoms with Crippen LogP contribution in [0.25, 0.3) is 0 Å². The Morgan fingerprint density at radius 2 is 2.06 bits per heavy atom. The largest absolute Gasteiger partial charge is 0.485 e. The first kappa shape index (κ1) is 10.6. The van der Waals surface area contributed by atoms with E-state index in [1.54, 1.807) is 0 Å². The van der Waals surface area contributed by atoms with E-state index >= 15 is 0 Å². The Morgan fingerprint density at radius 3 is 2.88 bits per heavy atom. The molecule has 0 fully saturated rings. The first-order valence-electron chi connectivity index (χ1n) is 6.45. The fourth-order valence-corrected chi connectivity index (χ4v) is 2.70. The number of rotatable bonds is 2. The van der Waals surface area contributed by atoms with Gasteiger partial charge in [0, 0.05) is 11.5 Å². The van der Waals surface area contributed by atoms with Crippen LogP contribution < -0.4 is 4.74 Å². The number of para-hydroxylation sites is 1. The molecule has 3 rings (SSSR count). The second kappa shape index (κ2) is 4.06. The molecule has 0 bridgehead atoms. The smallest absolute Gasteiger partial charge is 0.128 e. The van der Waals surface area contributed by atoms with Crippen LogP contribution in [0.15, 0.2) is 42.5 Å². The third kappa shape index (κ3) is 1.61. The molecule has 1 aromatic carbocycles. The van der Waals surface area contributed by atoms with E-state index in [1.165, 1.54) is 11.1 Å². The second-order valence-corrected chi connectivity index (χ2v) is 4.95. The van der Waals surface area contributed by atoms with Crippen LogP contribution in [-0.4, -0.2) is 6.10 Å². The summed E-state index contributed by atoms with van der Waals surface area (Å²) in [6.45, 7) is 4.50. The summed E-state index contributed by atoms with van der Waals surface area (Å²) < 4.78 is 6.13. The van der Waals surface area contributed by atoms with Gasteiger partial charge in [0.05, 0.1) is 0 Å². The number of hydrogen-bond donors (Lipinski definition) is 0. The average molecular weight is 226 g/mol. The van der Waals surface area contributed by atoms with E-state index in [0.29, 0.717) is 11.8 Å². The lowest BCUT2D eigenvalue weighted by molar-refractivity contribution is 0.265. The summed E-state index contributed by atoms with van der Waals surface area (Å²) in [6, 6.07) is 6.57. The SMILES string of the molecule is CCC(C)c1cccc2c1OC1C=CC=CC21. The third-order valence-corrected chi connectivity index (χ3v) is 3.92. The van der Waals surface area contributed by atoms with Gasteiger partial charge in [0.1, 0.15) is 11.9 Å². The van der Waals surface area contributed by atoms with Crippen LogP contribution in [0.3, 0.4) is 0 Å². The Balaban J connectivity index is 2.07. The van der Waals surface area contributed by atoms with Crippen molar-refractivity contribution in [2.45, 2.75) is 38.2 Å². The third-order valence-electron chi connectivity index (χ3n) is 3.92. The lowest BCUT2D eigenvalue weighted by Gasteiger charge is -2.15. The summed E-state index contributed by atoms with van der Waals surface area (Å²) >= 11 is 0. The molecular weight excluding hydrogens is 208 g/mol. The first-order chi connectivity index (χ1) is 8.31. The van der Waals surface area contributed by atoms with E-state index in [1.807, 2.05) is 0 Å². The van der Waals surface area contributed by atoms with Crippen molar-refractivity contribution in [1.29, 1.82) is 0 Å². The van der Waals surface area contributed by atoms with Crippen molar-refractivity contribution in [2.24, 2.45) is 0 Å². The molecule has 1 aromatic rings. The Bertz CT molecular complexity index is 484. The first-order valence-corrected chi connectivity index (χ1v) is 6.45. The highest BCUT2D eigenvalue weighted by Gasteiger charge is 2.33. The fraction of sp³-hybridized carbons (Fsp3) is 0.375. The van der Waals surface area contributed by atoms with Crippen LogP contribution in [0.4, 0.5) is 0 Å². The molecular formula is C16H18O. The van der Waals surface area contributed by atoms with Crippen LogP contribution in [-0.2, 0) is 0 Å². The van der Waals surface area contributed by atoms with E-state index in [9.17, 15) is 0 Å². The number of allylic oxidation sites excluding steroid dienone is 2. The quantitative estimate of drug-likeness (QED) is 0.735. The van der Waals surface area contributed by atoms with E-state index in [4.69, 9.17) is 4.74 Å². The van der Waals surface area contributed by atoms with Gasteiger partial charge in [0.25, 0.3) is 0 Å². The van der Waals surface area contributed by atoms with Gasteiger partial charge in [-0.05, 0) is 24.0 Å². The zero-order valence-corrected chi connectivity index (χ0v) is 10.4. The van der Waals surface area contributed by atoms with Crippen LogP contribution in [0.1, 0.15) is 43.2 Å². The number of fused-ring (bicyclic) bond motifs is 3. The summed E-state index contributed by atoms with van der Waals surface area (Å²) in [6.07, 6.45) is 9.97. The highest BCUT2D eigenvalue weighted by Crippen LogP contribution is 2.45. The summed E-state index contributed by atoms with van der Waals surface area (Å²) in [4.78, 5) is 0. The molecule has 0 aromatic heterocycles. The van der Waals surface area contributed by atoms with Gasteiger partial charge in [-0.3, -0.25) is 0 Å². The number of ether oxygens (including phenoxy) is 1. The van der Waals surface area contributed by atoms with Gasteiger partial charge >= 0.3 is 0 Å². The van der Waals surface area contributed by atoms with Crippen molar-refractivity contribution in [1.82, 2.24) is 0 Å². The minimum absolute atomic E-state index is 0.209. The maximum absolute atomic E-state index is 6.13. The molecule has 0 spiro atoms. The molecule has 17 heavy (non-hydrogen) atoms. The molecule has 1 heterocycles. The second-order valence-electron chi connectivity index (χ2n) is 4.95. The van der Waals surface area contributed by atoms with Gasteiger partial charge < -0.3 is 4.74 Å². The topological polar surface area (TPSA) is 9.23 Å². The lowest BCUT2D eigenvalue weighted by atomic mass is 9.89. The van der Waals surface area contributed by atoms with Crippen molar-refractivity contribution in [3.63, 3.8) is 0 Å². The molecule has 0 amide bonds. The molecule has 1 heteroatoms. The molecule has 0 N–H and O–H groups in total. The minimum atomic E-state index is 0.209. The van der Waals surface area contributed by atoms with Gasteiger partial charge in [0.15, 0.2) is 0 Å². The van der Waals surface area contributed by atoms with Crippen molar-refractivity contribution in [3.05, 3.63) is 53.6 Å². The lowest BCUT2D eigenvalue weighted by Crippen LogP contribution is -2.15. The molecule has 1 nitrogen and oxygen atoms in total. The number of hydrogen-bond acceptors (Lipinski definition) is 1. The summed E-state index contributed by atoms with van der Waals surface area (Å²) in [5.74, 6) is 2.12. The minimum Gasteiger partial charge on any atom is -0.485 e. The standard InChI is InChI=1S/C16H18O/c1-3-11(2)12-8-6-9-14-13-7-4-5-10-15(13)17-16(12)14/h4-11,13,15H,3H2,1-2H3.